The van der Waals surface area contributed by atoms with Gasteiger partial charge in [-0.25, -0.2) is 14.2 Å². The van der Waals surface area contributed by atoms with Crippen LogP contribution in [0.5, 0.6) is 0 Å². The van der Waals surface area contributed by atoms with Gasteiger partial charge in [0.2, 0.25) is 0 Å². The van der Waals surface area contributed by atoms with E-state index in [0.29, 0.717) is 27.7 Å². The summed E-state index contributed by atoms with van der Waals surface area (Å²) in [6, 6.07) is 2.85. The zero-order valence-corrected chi connectivity index (χ0v) is 22.3. The molecule has 4 N–H and O–H groups in total. The zero-order valence-electron chi connectivity index (χ0n) is 20.7. The van der Waals surface area contributed by atoms with Gasteiger partial charge in [-0.05, 0) is 18.2 Å². The number of aliphatic imine (C=N–C) groups is 1. The van der Waals surface area contributed by atoms with Crippen LogP contribution in [-0.2, 0) is 4.74 Å². The molecule has 2 aromatic rings. The van der Waals surface area contributed by atoms with Gasteiger partial charge in [0, 0.05) is 46.1 Å². The number of nitrogens with zero attached hydrogens (tertiary/aromatic N) is 4. The first-order valence-electron chi connectivity index (χ1n) is 12.1. The lowest BCUT2D eigenvalue weighted by Crippen LogP contribution is -2.52. The monoisotopic (exact) mass is 596 g/mol. The molecule has 0 radical (unpaired) electrons. The number of amides is 1. The average molecular weight is 597 g/mol. The maximum absolute atomic E-state index is 14.0. The molecule has 3 aliphatic rings. The number of nitrogens with one attached hydrogen (secondary N) is 2. The second-order valence-corrected chi connectivity index (χ2v) is 10.7. The zero-order chi connectivity index (χ0) is 28.6. The van der Waals surface area contributed by atoms with Crippen molar-refractivity contribution in [3.8, 4) is 0 Å². The highest BCUT2D eigenvalue weighted by atomic mass is 35.5. The Morgan fingerprint density at radius 3 is 2.90 bits per heavy atom. The lowest BCUT2D eigenvalue weighted by Gasteiger charge is -2.33. The molecule has 0 aliphatic carbocycles. The number of halogens is 4. The largest absolute Gasteiger partial charge is 0.447 e. The van der Waals surface area contributed by atoms with Crippen molar-refractivity contribution < 1.29 is 32.9 Å². The molecule has 3 atom stereocenters. The van der Waals surface area contributed by atoms with E-state index in [1.54, 1.807) is 16.5 Å². The number of hydrogen-bond acceptors (Lipinski definition) is 10. The van der Waals surface area contributed by atoms with E-state index in [2.05, 4.69) is 4.98 Å². The number of rotatable bonds is 9. The molecule has 1 aromatic carbocycles. The van der Waals surface area contributed by atoms with E-state index >= 15 is 0 Å². The maximum atomic E-state index is 14.0. The van der Waals surface area contributed by atoms with Crippen LogP contribution in [-0.4, -0.2) is 87.1 Å². The van der Waals surface area contributed by atoms with Gasteiger partial charge in [0.15, 0.2) is 10.8 Å². The molecule has 1 amide bonds. The molecule has 2 fully saturated rings. The molecule has 2 saturated heterocycles. The van der Waals surface area contributed by atoms with Crippen molar-refractivity contribution >= 4 is 40.6 Å². The molecule has 4 heterocycles. The Kier molecular flexibility index (Phi) is 7.86. The van der Waals surface area contributed by atoms with Crippen LogP contribution in [0.4, 0.5) is 18.0 Å². The van der Waals surface area contributed by atoms with E-state index in [9.17, 15) is 28.2 Å². The number of aliphatic hydroxyl groups excluding tert-OH is 2. The fourth-order valence-electron chi connectivity index (χ4n) is 5.12. The van der Waals surface area contributed by atoms with Crippen molar-refractivity contribution in [2.75, 3.05) is 26.3 Å². The van der Waals surface area contributed by atoms with E-state index in [1.807, 2.05) is 5.32 Å². The second kappa shape index (κ2) is 11.2. The average Bonchev–Trinajstić information content (AvgIpc) is 3.64. The topological polar surface area (TPSA) is 134 Å². The van der Waals surface area contributed by atoms with Gasteiger partial charge >= 0.3 is 12.6 Å². The highest BCUT2D eigenvalue weighted by Gasteiger charge is 2.56. The summed E-state index contributed by atoms with van der Waals surface area (Å²) in [5.74, 6) is -0.152. The molecule has 212 valence electrons. The Hall–Kier alpha value is -3.46. The highest BCUT2D eigenvalue weighted by Crippen LogP contribution is 2.48. The van der Waals surface area contributed by atoms with Crippen molar-refractivity contribution in [3.05, 3.63) is 74.7 Å². The Balaban J connectivity index is 1.68. The van der Waals surface area contributed by atoms with Crippen molar-refractivity contribution in [2.45, 2.75) is 30.7 Å². The van der Waals surface area contributed by atoms with Crippen LogP contribution in [0, 0.1) is 11.2 Å². The molecule has 5 rings (SSSR count). The van der Waals surface area contributed by atoms with Crippen LogP contribution < -0.4 is 5.32 Å². The van der Waals surface area contributed by atoms with Gasteiger partial charge in [-0.3, -0.25) is 9.89 Å². The van der Waals surface area contributed by atoms with E-state index < -0.39 is 42.8 Å². The summed E-state index contributed by atoms with van der Waals surface area (Å²) in [4.78, 5) is 25.2. The van der Waals surface area contributed by atoms with Gasteiger partial charge in [0.25, 0.3) is 0 Å². The lowest BCUT2D eigenvalue weighted by molar-refractivity contribution is 0.0484. The predicted molar refractivity (Wildman–Crippen MR) is 141 cm³/mol. The Bertz CT molecular complexity index is 1400. The number of alkyl halides is 2. The molecule has 40 heavy (non-hydrogen) atoms. The molecular formula is C25H24ClF3N6O4S. The van der Waals surface area contributed by atoms with Crippen molar-refractivity contribution in [1.29, 1.82) is 5.41 Å². The standard InChI is InChI=1S/C25H24ClF3N6O4S/c26-16-7-13(27)1-2-15(16)20-19(17(30)3-4-32-23(28)29)18-8-25(12-39-24(38)35(25)9-14(37)10-36)11-34(18)21(33-20)22-31-5-6-40-22/h1-7,14,20,23,30,32,36-37H,8-12H2/b4-3-,30-17?/t14-,20-,25+/m0/s1. The quantitative estimate of drug-likeness (QED) is 0.258. The highest BCUT2D eigenvalue weighted by molar-refractivity contribution is 7.11. The summed E-state index contributed by atoms with van der Waals surface area (Å²) in [7, 11) is 0. The number of allylic oxidation sites excluding steroid dienone is 1. The number of aliphatic hydroxyl groups is 2. The number of amidine groups is 1. The smallest absolute Gasteiger partial charge is 0.410 e. The summed E-state index contributed by atoms with van der Waals surface area (Å²) < 4.78 is 44.9. The molecular weight excluding hydrogens is 573 g/mol. The minimum Gasteiger partial charge on any atom is -0.447 e. The third kappa shape index (κ3) is 5.19. The first-order valence-corrected chi connectivity index (χ1v) is 13.4. The third-order valence-corrected chi connectivity index (χ3v) is 7.97. The van der Waals surface area contributed by atoms with Crippen LogP contribution in [0.3, 0.4) is 0 Å². The van der Waals surface area contributed by atoms with Crippen LogP contribution in [0.2, 0.25) is 5.02 Å². The number of cyclic esters (lactones) is 1. The molecule has 1 aromatic heterocycles. The maximum Gasteiger partial charge on any atom is 0.410 e. The van der Waals surface area contributed by atoms with Gasteiger partial charge in [-0.2, -0.15) is 8.78 Å². The molecule has 15 heteroatoms. The number of carbonyl (C=O) groups is 1. The van der Waals surface area contributed by atoms with E-state index in [1.165, 1.54) is 28.4 Å². The minimum atomic E-state index is -2.84. The number of benzene rings is 1. The minimum absolute atomic E-state index is 0.0412. The Morgan fingerprint density at radius 2 is 2.23 bits per heavy atom. The van der Waals surface area contributed by atoms with Crippen LogP contribution >= 0.6 is 22.9 Å². The van der Waals surface area contributed by atoms with Crippen molar-refractivity contribution in [3.63, 3.8) is 0 Å². The molecule has 10 nitrogen and oxygen atoms in total. The first-order chi connectivity index (χ1) is 19.1. The fourth-order valence-corrected chi connectivity index (χ4v) is 6.03. The van der Waals surface area contributed by atoms with Crippen LogP contribution in [0.1, 0.15) is 23.0 Å². The molecule has 0 saturated carbocycles. The van der Waals surface area contributed by atoms with Crippen molar-refractivity contribution in [1.82, 2.24) is 20.1 Å². The summed E-state index contributed by atoms with van der Waals surface area (Å²) >= 11 is 7.76. The normalized spacial score (nSPS) is 23.3. The first kappa shape index (κ1) is 28.1. The number of carbonyl (C=O) groups excluding carboxylic acids is 1. The Morgan fingerprint density at radius 1 is 1.43 bits per heavy atom. The van der Waals surface area contributed by atoms with Gasteiger partial charge in [-0.15, -0.1) is 11.3 Å². The van der Waals surface area contributed by atoms with Gasteiger partial charge in [0.05, 0.1) is 31.5 Å². The van der Waals surface area contributed by atoms with E-state index in [-0.39, 0.29) is 36.9 Å². The van der Waals surface area contributed by atoms with E-state index in [0.717, 1.165) is 18.3 Å². The fraction of sp³-hybridized carbons (Fsp3) is 0.360. The summed E-state index contributed by atoms with van der Waals surface area (Å²) in [6.45, 7) is -3.49. The number of aromatic nitrogens is 1. The van der Waals surface area contributed by atoms with E-state index in [4.69, 9.17) is 26.7 Å². The number of β-amino-alcohol motifs (C(OH)–C–C–N with tert-alkyl or cyclic N) is 1. The van der Waals surface area contributed by atoms with Crippen molar-refractivity contribution in [2.24, 2.45) is 4.99 Å². The summed E-state index contributed by atoms with van der Waals surface area (Å²) in [5.41, 5.74) is 0.0636. The Labute approximate surface area is 235 Å². The predicted octanol–water partition coefficient (Wildman–Crippen LogP) is 3.29. The molecule has 1 spiro atoms. The number of hydrogen-bond donors (Lipinski definition) is 4. The van der Waals surface area contributed by atoms with Gasteiger partial charge in [0.1, 0.15) is 24.0 Å². The van der Waals surface area contributed by atoms with Gasteiger partial charge in [-0.1, -0.05) is 17.7 Å². The molecule has 0 unspecified atom stereocenters. The lowest BCUT2D eigenvalue weighted by atomic mass is 9.89. The second-order valence-electron chi connectivity index (χ2n) is 9.42. The van der Waals surface area contributed by atoms with Crippen LogP contribution in [0.15, 0.2) is 58.3 Å². The number of fused-ring (bicyclic) bond motifs is 1. The number of ether oxygens (including phenoxy) is 1. The van der Waals surface area contributed by atoms with Gasteiger partial charge < -0.3 is 30.6 Å². The summed E-state index contributed by atoms with van der Waals surface area (Å²) in [5, 5.41) is 32.6. The SMILES string of the molecule is N=C(/C=C\NC(F)F)C1=C2C[C@]3(COC(=O)N3C[C@H](O)CO)CN2C(c2nccs2)=N[C@H]1c1ccc(F)cc1Cl. The summed E-state index contributed by atoms with van der Waals surface area (Å²) in [6.07, 6.45) is 1.97. The number of thiazole rings is 1. The molecule has 0 bridgehead atoms. The van der Waals surface area contributed by atoms with Crippen LogP contribution in [0.25, 0.3) is 0 Å². The molecule has 3 aliphatic heterocycles. The third-order valence-electron chi connectivity index (χ3n) is 6.87.